The molecule has 0 radical (unpaired) electrons. The highest BCUT2D eigenvalue weighted by atomic mass is 16.2. The van der Waals surface area contributed by atoms with Gasteiger partial charge < -0.3 is 4.90 Å². The molecular formula is C15H20N4O. The highest BCUT2D eigenvalue weighted by Gasteiger charge is 2.31. The largest absolute Gasteiger partial charge is 0.369 e. The maximum atomic E-state index is 11.9. The van der Waals surface area contributed by atoms with E-state index in [9.17, 15) is 4.79 Å². The van der Waals surface area contributed by atoms with E-state index in [1.807, 2.05) is 13.0 Å². The van der Waals surface area contributed by atoms with E-state index in [4.69, 9.17) is 0 Å². The first-order valence-electron chi connectivity index (χ1n) is 7.11. The number of amides is 1. The van der Waals surface area contributed by atoms with Gasteiger partial charge >= 0.3 is 0 Å². The molecule has 5 heteroatoms. The van der Waals surface area contributed by atoms with Crippen LogP contribution in [-0.2, 0) is 4.79 Å². The third-order valence-corrected chi connectivity index (χ3v) is 4.02. The molecule has 2 heterocycles. The fraction of sp³-hybridized carbons (Fsp3) is 0.467. The molecule has 1 atom stereocenters. The van der Waals surface area contributed by atoms with Crippen LogP contribution >= 0.6 is 0 Å². The lowest BCUT2D eigenvalue weighted by atomic mass is 10.1. The molecule has 1 saturated heterocycles. The average molecular weight is 272 g/mol. The molecule has 0 spiro atoms. The van der Waals surface area contributed by atoms with Gasteiger partial charge in [0.25, 0.3) is 5.91 Å². The van der Waals surface area contributed by atoms with Crippen molar-refractivity contribution >= 4 is 17.3 Å². The highest BCUT2D eigenvalue weighted by molar-refractivity contribution is 5.94. The molecule has 2 aliphatic rings. The summed E-state index contributed by atoms with van der Waals surface area (Å²) >= 11 is 0. The molecule has 1 aromatic rings. The van der Waals surface area contributed by atoms with Crippen molar-refractivity contribution < 1.29 is 4.79 Å². The molecule has 1 amide bonds. The summed E-state index contributed by atoms with van der Waals surface area (Å²) in [6.07, 6.45) is 0.747. The van der Waals surface area contributed by atoms with Gasteiger partial charge in [-0.25, -0.2) is 5.43 Å². The van der Waals surface area contributed by atoms with Gasteiger partial charge in [0, 0.05) is 44.0 Å². The number of nitrogens with zero attached hydrogens (tertiary/aromatic N) is 3. The Morgan fingerprint density at radius 1 is 1.15 bits per heavy atom. The molecule has 0 aliphatic carbocycles. The molecular weight excluding hydrogens is 252 g/mol. The van der Waals surface area contributed by atoms with Crippen LogP contribution in [0, 0.1) is 0 Å². The number of anilines is 1. The summed E-state index contributed by atoms with van der Waals surface area (Å²) in [4.78, 5) is 16.6. The van der Waals surface area contributed by atoms with Crippen molar-refractivity contribution in [2.24, 2.45) is 5.10 Å². The molecule has 1 unspecified atom stereocenters. The van der Waals surface area contributed by atoms with Crippen LogP contribution in [0.5, 0.6) is 0 Å². The number of piperazine rings is 1. The SMILES string of the molecule is CC1=NNC(=O)C(N2CCN(c3ccccc3)CC2)C1. The minimum absolute atomic E-state index is 0.0313. The smallest absolute Gasteiger partial charge is 0.257 e. The summed E-state index contributed by atoms with van der Waals surface area (Å²) in [5, 5.41) is 4.00. The second-order valence-electron chi connectivity index (χ2n) is 5.40. The minimum Gasteiger partial charge on any atom is -0.369 e. The first kappa shape index (κ1) is 13.1. The summed E-state index contributed by atoms with van der Waals surface area (Å²) in [7, 11) is 0. The molecule has 106 valence electrons. The Hall–Kier alpha value is -1.88. The maximum absolute atomic E-state index is 11.9. The fourth-order valence-electron chi connectivity index (χ4n) is 2.87. The molecule has 1 N–H and O–H groups in total. The van der Waals surface area contributed by atoms with Crippen LogP contribution in [0.2, 0.25) is 0 Å². The van der Waals surface area contributed by atoms with Crippen LogP contribution < -0.4 is 10.3 Å². The summed E-state index contributed by atoms with van der Waals surface area (Å²) in [6.45, 7) is 5.72. The summed E-state index contributed by atoms with van der Waals surface area (Å²) < 4.78 is 0. The standard InChI is InChI=1S/C15H20N4O/c1-12-11-14(15(20)17-16-12)19-9-7-18(8-10-19)13-5-3-2-4-6-13/h2-6,14H,7-11H2,1H3,(H,17,20). The maximum Gasteiger partial charge on any atom is 0.257 e. The van der Waals surface area contributed by atoms with Crippen molar-refractivity contribution in [1.82, 2.24) is 10.3 Å². The van der Waals surface area contributed by atoms with Crippen LogP contribution in [0.15, 0.2) is 35.4 Å². The van der Waals surface area contributed by atoms with Crippen LogP contribution in [0.25, 0.3) is 0 Å². The Morgan fingerprint density at radius 3 is 2.55 bits per heavy atom. The van der Waals surface area contributed by atoms with Crippen LogP contribution in [0.3, 0.4) is 0 Å². The van der Waals surface area contributed by atoms with E-state index in [-0.39, 0.29) is 11.9 Å². The molecule has 20 heavy (non-hydrogen) atoms. The number of benzene rings is 1. The number of rotatable bonds is 2. The van der Waals surface area contributed by atoms with Crippen molar-refractivity contribution in [3.63, 3.8) is 0 Å². The van der Waals surface area contributed by atoms with Gasteiger partial charge in [0.05, 0.1) is 6.04 Å². The lowest BCUT2D eigenvalue weighted by Gasteiger charge is -2.40. The highest BCUT2D eigenvalue weighted by Crippen LogP contribution is 2.18. The van der Waals surface area contributed by atoms with Gasteiger partial charge in [-0.1, -0.05) is 18.2 Å². The van der Waals surface area contributed by atoms with E-state index in [2.05, 4.69) is 44.6 Å². The number of carbonyl (C=O) groups is 1. The van der Waals surface area contributed by atoms with Crippen LogP contribution in [-0.4, -0.2) is 48.7 Å². The second-order valence-corrected chi connectivity index (χ2v) is 5.40. The van der Waals surface area contributed by atoms with Gasteiger partial charge in [0.15, 0.2) is 0 Å². The lowest BCUT2D eigenvalue weighted by molar-refractivity contribution is -0.126. The molecule has 0 aromatic heterocycles. The number of hydrazone groups is 1. The molecule has 0 saturated carbocycles. The third-order valence-electron chi connectivity index (χ3n) is 4.02. The van der Waals surface area contributed by atoms with Gasteiger partial charge in [0.2, 0.25) is 0 Å². The average Bonchev–Trinajstić information content (AvgIpc) is 2.51. The van der Waals surface area contributed by atoms with Gasteiger partial charge in [-0.3, -0.25) is 9.69 Å². The molecule has 0 bridgehead atoms. The van der Waals surface area contributed by atoms with Gasteiger partial charge in [-0.05, 0) is 19.1 Å². The van der Waals surface area contributed by atoms with Crippen molar-refractivity contribution in [2.45, 2.75) is 19.4 Å². The predicted molar refractivity (Wildman–Crippen MR) is 79.9 cm³/mol. The second kappa shape index (κ2) is 5.63. The monoisotopic (exact) mass is 272 g/mol. The van der Waals surface area contributed by atoms with Crippen LogP contribution in [0.1, 0.15) is 13.3 Å². The summed E-state index contributed by atoms with van der Waals surface area (Å²) in [5.41, 5.74) is 4.88. The molecule has 1 fully saturated rings. The van der Waals surface area contributed by atoms with Crippen molar-refractivity contribution in [3.05, 3.63) is 30.3 Å². The van der Waals surface area contributed by atoms with E-state index < -0.39 is 0 Å². The quantitative estimate of drug-likeness (QED) is 0.876. The lowest BCUT2D eigenvalue weighted by Crippen LogP contribution is -2.56. The van der Waals surface area contributed by atoms with E-state index in [0.29, 0.717) is 0 Å². The predicted octanol–water partition coefficient (Wildman–Crippen LogP) is 1.07. The van der Waals surface area contributed by atoms with Crippen LogP contribution in [0.4, 0.5) is 5.69 Å². The van der Waals surface area contributed by atoms with E-state index >= 15 is 0 Å². The zero-order valence-corrected chi connectivity index (χ0v) is 11.7. The zero-order chi connectivity index (χ0) is 13.9. The summed E-state index contributed by atoms with van der Waals surface area (Å²) in [6, 6.07) is 10.4. The Balaban J connectivity index is 1.61. The van der Waals surface area contributed by atoms with E-state index in [1.165, 1.54) is 5.69 Å². The number of nitrogens with one attached hydrogen (secondary N) is 1. The molecule has 2 aliphatic heterocycles. The topological polar surface area (TPSA) is 47.9 Å². The molecule has 5 nitrogen and oxygen atoms in total. The number of hydrogen-bond donors (Lipinski definition) is 1. The first-order valence-corrected chi connectivity index (χ1v) is 7.11. The van der Waals surface area contributed by atoms with E-state index in [0.717, 1.165) is 38.3 Å². The Kier molecular flexibility index (Phi) is 3.69. The summed E-state index contributed by atoms with van der Waals surface area (Å²) in [5.74, 6) is 0.0313. The van der Waals surface area contributed by atoms with Crippen molar-refractivity contribution in [1.29, 1.82) is 0 Å². The fourth-order valence-corrected chi connectivity index (χ4v) is 2.87. The normalized spacial score (nSPS) is 24.2. The third kappa shape index (κ3) is 2.67. The van der Waals surface area contributed by atoms with Gasteiger partial charge in [-0.2, -0.15) is 5.10 Å². The number of hydrogen-bond acceptors (Lipinski definition) is 4. The van der Waals surface area contributed by atoms with Gasteiger partial charge in [0.1, 0.15) is 0 Å². The molecule has 1 aromatic carbocycles. The zero-order valence-electron chi connectivity index (χ0n) is 11.7. The van der Waals surface area contributed by atoms with Crippen molar-refractivity contribution in [3.8, 4) is 0 Å². The number of para-hydroxylation sites is 1. The number of carbonyl (C=O) groups excluding carboxylic acids is 1. The minimum atomic E-state index is -0.0505. The van der Waals surface area contributed by atoms with E-state index in [1.54, 1.807) is 0 Å². The Bertz CT molecular complexity index is 506. The first-order chi connectivity index (χ1) is 9.74. The van der Waals surface area contributed by atoms with Gasteiger partial charge in [-0.15, -0.1) is 0 Å². The molecule has 3 rings (SSSR count). The Morgan fingerprint density at radius 2 is 1.85 bits per heavy atom. The Labute approximate surface area is 119 Å². The van der Waals surface area contributed by atoms with Crippen molar-refractivity contribution in [2.75, 3.05) is 31.1 Å².